The van der Waals surface area contributed by atoms with Crippen molar-refractivity contribution in [3.05, 3.63) is 29.3 Å². The van der Waals surface area contributed by atoms with Gasteiger partial charge in [-0.3, -0.25) is 29.4 Å². The molecule has 7 heteroatoms. The molecular formula is C17H20N2O5. The standard InChI is InChI=1S/C15H14N2O5.C2H6/c1-2-22-10-5-3-4-8-12(10)15(21)17(14(8)20)9-6-7-11(18)16-13(9)19;1-2/h3-5,9H,2,6-7H2,1H3,(H,16,18,19);1-2H3. The van der Waals surface area contributed by atoms with Gasteiger partial charge in [-0.25, -0.2) is 0 Å². The summed E-state index contributed by atoms with van der Waals surface area (Å²) in [6.45, 7) is 6.13. The Hall–Kier alpha value is -2.70. The molecule has 0 saturated carbocycles. The van der Waals surface area contributed by atoms with E-state index in [1.807, 2.05) is 13.8 Å². The highest BCUT2D eigenvalue weighted by atomic mass is 16.5. The van der Waals surface area contributed by atoms with Gasteiger partial charge in [-0.15, -0.1) is 0 Å². The van der Waals surface area contributed by atoms with Crippen LogP contribution >= 0.6 is 0 Å². The molecule has 0 aliphatic carbocycles. The molecule has 2 aliphatic rings. The maximum Gasteiger partial charge on any atom is 0.266 e. The van der Waals surface area contributed by atoms with E-state index < -0.39 is 29.7 Å². The lowest BCUT2D eigenvalue weighted by molar-refractivity contribution is -0.136. The second kappa shape index (κ2) is 7.25. The monoisotopic (exact) mass is 332 g/mol. The topological polar surface area (TPSA) is 92.8 Å². The minimum Gasteiger partial charge on any atom is -0.493 e. The number of hydrogen-bond donors (Lipinski definition) is 1. The molecule has 2 aliphatic heterocycles. The van der Waals surface area contributed by atoms with Crippen molar-refractivity contribution in [3.8, 4) is 5.75 Å². The van der Waals surface area contributed by atoms with Gasteiger partial charge in [0.1, 0.15) is 11.8 Å². The molecule has 7 nitrogen and oxygen atoms in total. The fourth-order valence-corrected chi connectivity index (χ4v) is 2.76. The lowest BCUT2D eigenvalue weighted by Crippen LogP contribution is -2.54. The maximum absolute atomic E-state index is 12.6. The third-order valence-corrected chi connectivity index (χ3v) is 3.73. The summed E-state index contributed by atoms with van der Waals surface area (Å²) >= 11 is 0. The zero-order chi connectivity index (χ0) is 17.9. The number of piperidine rings is 1. The second-order valence-electron chi connectivity index (χ2n) is 5.06. The van der Waals surface area contributed by atoms with Crippen LogP contribution in [0, 0.1) is 0 Å². The summed E-state index contributed by atoms with van der Waals surface area (Å²) in [7, 11) is 0. The Morgan fingerprint density at radius 3 is 2.50 bits per heavy atom. The lowest BCUT2D eigenvalue weighted by Gasteiger charge is -2.27. The number of nitrogens with one attached hydrogen (secondary N) is 1. The molecule has 1 aromatic rings. The van der Waals surface area contributed by atoms with Gasteiger partial charge in [-0.05, 0) is 25.5 Å². The van der Waals surface area contributed by atoms with Crippen LogP contribution in [-0.2, 0) is 9.59 Å². The third kappa shape index (κ3) is 2.89. The van der Waals surface area contributed by atoms with Crippen molar-refractivity contribution in [1.82, 2.24) is 10.2 Å². The van der Waals surface area contributed by atoms with Gasteiger partial charge < -0.3 is 4.74 Å². The van der Waals surface area contributed by atoms with Crippen molar-refractivity contribution < 1.29 is 23.9 Å². The Balaban J connectivity index is 0.00000100. The first-order valence-corrected chi connectivity index (χ1v) is 8.02. The van der Waals surface area contributed by atoms with Gasteiger partial charge >= 0.3 is 0 Å². The van der Waals surface area contributed by atoms with Crippen molar-refractivity contribution in [3.63, 3.8) is 0 Å². The number of carbonyl (C=O) groups excluding carboxylic acids is 4. The van der Waals surface area contributed by atoms with Crippen LogP contribution in [0.2, 0.25) is 0 Å². The number of amides is 4. The van der Waals surface area contributed by atoms with Gasteiger partial charge in [0.05, 0.1) is 17.7 Å². The molecule has 0 spiro atoms. The molecule has 0 radical (unpaired) electrons. The Kier molecular flexibility index (Phi) is 5.33. The van der Waals surface area contributed by atoms with Gasteiger partial charge in [0.2, 0.25) is 11.8 Å². The van der Waals surface area contributed by atoms with E-state index in [0.717, 1.165) is 4.90 Å². The van der Waals surface area contributed by atoms with E-state index in [2.05, 4.69) is 5.32 Å². The van der Waals surface area contributed by atoms with Gasteiger partial charge in [-0.2, -0.15) is 0 Å². The summed E-state index contributed by atoms with van der Waals surface area (Å²) in [5.74, 6) is -1.78. The average molecular weight is 332 g/mol. The molecule has 1 aromatic carbocycles. The smallest absolute Gasteiger partial charge is 0.266 e. The molecule has 0 bridgehead atoms. The molecule has 1 fully saturated rings. The van der Waals surface area contributed by atoms with Gasteiger partial charge in [0, 0.05) is 6.42 Å². The lowest BCUT2D eigenvalue weighted by atomic mass is 10.0. The van der Waals surface area contributed by atoms with E-state index in [0.29, 0.717) is 12.4 Å². The zero-order valence-electron chi connectivity index (χ0n) is 13.9. The summed E-state index contributed by atoms with van der Waals surface area (Å²) in [6.07, 6.45) is 0.238. The fraction of sp³-hybridized carbons (Fsp3) is 0.412. The van der Waals surface area contributed by atoms with Crippen molar-refractivity contribution >= 4 is 23.6 Å². The highest BCUT2D eigenvalue weighted by molar-refractivity contribution is 6.24. The predicted octanol–water partition coefficient (Wildman–Crippen LogP) is 1.51. The second-order valence-corrected chi connectivity index (χ2v) is 5.06. The van der Waals surface area contributed by atoms with Crippen LogP contribution in [0.25, 0.3) is 0 Å². The number of rotatable bonds is 3. The number of imide groups is 2. The van der Waals surface area contributed by atoms with Crippen molar-refractivity contribution in [2.75, 3.05) is 6.61 Å². The maximum atomic E-state index is 12.6. The summed E-state index contributed by atoms with van der Waals surface area (Å²) in [6, 6.07) is 3.81. The Bertz CT molecular complexity index is 698. The van der Waals surface area contributed by atoms with E-state index in [9.17, 15) is 19.2 Å². The normalized spacial score (nSPS) is 19.5. The molecule has 1 unspecified atom stereocenters. The van der Waals surface area contributed by atoms with Crippen molar-refractivity contribution in [1.29, 1.82) is 0 Å². The average Bonchev–Trinajstić information content (AvgIpc) is 2.83. The largest absolute Gasteiger partial charge is 0.493 e. The number of fused-ring (bicyclic) bond motifs is 1. The molecule has 1 N–H and O–H groups in total. The van der Waals surface area contributed by atoms with Crippen LogP contribution in [-0.4, -0.2) is 41.2 Å². The minimum atomic E-state index is -0.959. The summed E-state index contributed by atoms with van der Waals surface area (Å²) in [5, 5.41) is 2.16. The highest BCUT2D eigenvalue weighted by Crippen LogP contribution is 2.33. The first-order valence-electron chi connectivity index (χ1n) is 8.02. The van der Waals surface area contributed by atoms with Crippen molar-refractivity contribution in [2.24, 2.45) is 0 Å². The van der Waals surface area contributed by atoms with Crippen LogP contribution in [0.4, 0.5) is 0 Å². The number of ether oxygens (including phenoxy) is 1. The van der Waals surface area contributed by atoms with Crippen LogP contribution in [0.15, 0.2) is 18.2 Å². The van der Waals surface area contributed by atoms with Crippen LogP contribution in [0.1, 0.15) is 54.3 Å². The van der Waals surface area contributed by atoms with Crippen molar-refractivity contribution in [2.45, 2.75) is 39.7 Å². The minimum absolute atomic E-state index is 0.0993. The first-order chi connectivity index (χ1) is 11.5. The molecule has 1 atom stereocenters. The molecular weight excluding hydrogens is 312 g/mol. The van der Waals surface area contributed by atoms with Gasteiger partial charge in [0.15, 0.2) is 0 Å². The van der Waals surface area contributed by atoms with E-state index in [4.69, 9.17) is 4.74 Å². The highest BCUT2D eigenvalue weighted by Gasteiger charge is 2.45. The molecule has 3 rings (SSSR count). The number of benzene rings is 1. The molecule has 1 saturated heterocycles. The van der Waals surface area contributed by atoms with Crippen LogP contribution < -0.4 is 10.1 Å². The predicted molar refractivity (Wildman–Crippen MR) is 85.6 cm³/mol. The Morgan fingerprint density at radius 1 is 1.17 bits per heavy atom. The Morgan fingerprint density at radius 2 is 1.88 bits per heavy atom. The molecule has 2 heterocycles. The first kappa shape index (κ1) is 17.7. The quantitative estimate of drug-likeness (QED) is 0.847. The summed E-state index contributed by atoms with van der Waals surface area (Å²) < 4.78 is 5.39. The Labute approximate surface area is 140 Å². The fourth-order valence-electron chi connectivity index (χ4n) is 2.76. The number of hydrogen-bond acceptors (Lipinski definition) is 5. The van der Waals surface area contributed by atoms with Crippen LogP contribution in [0.5, 0.6) is 5.75 Å². The van der Waals surface area contributed by atoms with E-state index >= 15 is 0 Å². The van der Waals surface area contributed by atoms with E-state index in [1.54, 1.807) is 19.1 Å². The van der Waals surface area contributed by atoms with E-state index in [1.165, 1.54) is 6.07 Å². The summed E-state index contributed by atoms with van der Waals surface area (Å²) in [5.41, 5.74) is 0.403. The van der Waals surface area contributed by atoms with E-state index in [-0.39, 0.29) is 24.0 Å². The third-order valence-electron chi connectivity index (χ3n) is 3.73. The van der Waals surface area contributed by atoms with Gasteiger partial charge in [-0.1, -0.05) is 19.9 Å². The summed E-state index contributed by atoms with van der Waals surface area (Å²) in [4.78, 5) is 49.1. The number of carbonyl (C=O) groups is 4. The zero-order valence-corrected chi connectivity index (χ0v) is 13.9. The molecule has 0 aromatic heterocycles. The molecule has 4 amide bonds. The SMILES string of the molecule is CC.CCOc1cccc2c1C(=O)N(C1CCC(=O)NC1=O)C2=O. The van der Waals surface area contributed by atoms with Crippen LogP contribution in [0.3, 0.4) is 0 Å². The molecule has 24 heavy (non-hydrogen) atoms. The molecule has 128 valence electrons. The van der Waals surface area contributed by atoms with Gasteiger partial charge in [0.25, 0.3) is 11.8 Å². The number of nitrogens with zero attached hydrogens (tertiary/aromatic N) is 1.